The van der Waals surface area contributed by atoms with Crippen LogP contribution in [-0.4, -0.2) is 42.0 Å². The van der Waals surface area contributed by atoms with Crippen LogP contribution in [0, 0.1) is 12.8 Å². The SMILES string of the molecule is Cc1cccc(CN2CCC(CNC(=O)c3cccc4c3SCCC4=O)CC2)c1. The van der Waals surface area contributed by atoms with Crippen molar-refractivity contribution in [2.24, 2.45) is 5.92 Å². The molecule has 0 aromatic heterocycles. The van der Waals surface area contributed by atoms with Crippen LogP contribution in [0.1, 0.15) is 51.1 Å². The summed E-state index contributed by atoms with van der Waals surface area (Å²) in [5, 5.41) is 3.12. The normalized spacial score (nSPS) is 17.8. The first-order valence-electron chi connectivity index (χ1n) is 10.5. The fraction of sp³-hybridized carbons (Fsp3) is 0.417. The second-order valence-corrected chi connectivity index (χ2v) is 9.23. The van der Waals surface area contributed by atoms with Crippen LogP contribution in [0.15, 0.2) is 47.4 Å². The highest BCUT2D eigenvalue weighted by Gasteiger charge is 2.24. The largest absolute Gasteiger partial charge is 0.352 e. The van der Waals surface area contributed by atoms with E-state index in [1.165, 1.54) is 11.1 Å². The summed E-state index contributed by atoms with van der Waals surface area (Å²) in [4.78, 5) is 28.2. The number of hydrogen-bond acceptors (Lipinski definition) is 4. The maximum Gasteiger partial charge on any atom is 0.252 e. The minimum atomic E-state index is -0.0498. The van der Waals surface area contributed by atoms with E-state index in [0.29, 0.717) is 30.0 Å². The second-order valence-electron chi connectivity index (χ2n) is 8.12. The number of thioether (sulfide) groups is 1. The predicted octanol–water partition coefficient (Wildman–Crippen LogP) is 4.32. The maximum absolute atomic E-state index is 12.8. The van der Waals surface area contributed by atoms with Gasteiger partial charge in [-0.2, -0.15) is 0 Å². The summed E-state index contributed by atoms with van der Waals surface area (Å²) in [6.45, 7) is 5.98. The lowest BCUT2D eigenvalue weighted by Crippen LogP contribution is -2.38. The zero-order valence-electron chi connectivity index (χ0n) is 16.9. The van der Waals surface area contributed by atoms with Crippen molar-refractivity contribution in [3.8, 4) is 0 Å². The first-order chi connectivity index (χ1) is 14.1. The van der Waals surface area contributed by atoms with E-state index in [0.717, 1.165) is 43.1 Å². The molecule has 1 amide bonds. The summed E-state index contributed by atoms with van der Waals surface area (Å²) in [5.74, 6) is 1.37. The number of fused-ring (bicyclic) bond motifs is 1. The molecular weight excluding hydrogens is 380 g/mol. The molecule has 0 saturated carbocycles. The Morgan fingerprint density at radius 1 is 1.17 bits per heavy atom. The van der Waals surface area contributed by atoms with Gasteiger partial charge in [0.2, 0.25) is 0 Å². The highest BCUT2D eigenvalue weighted by atomic mass is 32.2. The third kappa shape index (κ3) is 4.90. The minimum Gasteiger partial charge on any atom is -0.352 e. The highest BCUT2D eigenvalue weighted by Crippen LogP contribution is 2.33. The monoisotopic (exact) mass is 408 g/mol. The van der Waals surface area contributed by atoms with Gasteiger partial charge in [0, 0.05) is 35.7 Å². The second kappa shape index (κ2) is 9.14. The van der Waals surface area contributed by atoms with Crippen molar-refractivity contribution in [3.63, 3.8) is 0 Å². The number of piperidine rings is 1. The van der Waals surface area contributed by atoms with Crippen LogP contribution >= 0.6 is 11.8 Å². The van der Waals surface area contributed by atoms with Crippen molar-refractivity contribution in [1.82, 2.24) is 10.2 Å². The third-order valence-corrected chi connectivity index (χ3v) is 7.02. The van der Waals surface area contributed by atoms with Crippen LogP contribution in [0.25, 0.3) is 0 Å². The third-order valence-electron chi connectivity index (χ3n) is 5.88. The standard InChI is InChI=1S/C24H28N2O2S/c1-17-4-2-5-19(14-17)16-26-11-8-18(9-12-26)15-25-24(28)21-7-3-6-20-22(27)10-13-29-23(20)21/h2-7,14,18H,8-13,15-16H2,1H3,(H,25,28). The number of nitrogens with one attached hydrogen (secondary N) is 1. The Kier molecular flexibility index (Phi) is 6.36. The van der Waals surface area contributed by atoms with Gasteiger partial charge in [0.1, 0.15) is 0 Å². The fourth-order valence-corrected chi connectivity index (χ4v) is 5.37. The van der Waals surface area contributed by atoms with Gasteiger partial charge in [0.15, 0.2) is 5.78 Å². The maximum atomic E-state index is 12.8. The molecular formula is C24H28N2O2S. The summed E-state index contributed by atoms with van der Waals surface area (Å²) < 4.78 is 0. The van der Waals surface area contributed by atoms with E-state index in [1.807, 2.05) is 18.2 Å². The minimum absolute atomic E-state index is 0.0498. The molecule has 152 valence electrons. The van der Waals surface area contributed by atoms with Crippen molar-refractivity contribution in [2.75, 3.05) is 25.4 Å². The van der Waals surface area contributed by atoms with Crippen molar-refractivity contribution >= 4 is 23.5 Å². The number of benzene rings is 2. The first kappa shape index (κ1) is 20.2. The van der Waals surface area contributed by atoms with Crippen LogP contribution in [0.2, 0.25) is 0 Å². The predicted molar refractivity (Wildman–Crippen MR) is 118 cm³/mol. The molecule has 2 heterocycles. The Bertz CT molecular complexity index is 904. The molecule has 2 aromatic carbocycles. The van der Waals surface area contributed by atoms with Crippen LogP contribution in [0.5, 0.6) is 0 Å². The van der Waals surface area contributed by atoms with Crippen LogP contribution < -0.4 is 5.32 Å². The molecule has 29 heavy (non-hydrogen) atoms. The lowest BCUT2D eigenvalue weighted by Gasteiger charge is -2.32. The topological polar surface area (TPSA) is 49.4 Å². The molecule has 1 N–H and O–H groups in total. The number of nitrogens with zero attached hydrogens (tertiary/aromatic N) is 1. The summed E-state index contributed by atoms with van der Waals surface area (Å²) in [5.41, 5.74) is 4.04. The van der Waals surface area contributed by atoms with E-state index in [1.54, 1.807) is 11.8 Å². The average Bonchev–Trinajstić information content (AvgIpc) is 2.73. The number of amides is 1. The number of rotatable bonds is 5. The van der Waals surface area contributed by atoms with E-state index >= 15 is 0 Å². The molecule has 2 aliphatic rings. The highest BCUT2D eigenvalue weighted by molar-refractivity contribution is 7.99. The van der Waals surface area contributed by atoms with Gasteiger partial charge in [-0.05, 0) is 50.4 Å². The van der Waals surface area contributed by atoms with Crippen LogP contribution in [0.4, 0.5) is 0 Å². The van der Waals surface area contributed by atoms with E-state index in [2.05, 4.69) is 41.4 Å². The van der Waals surface area contributed by atoms with Crippen molar-refractivity contribution in [1.29, 1.82) is 0 Å². The molecule has 0 radical (unpaired) electrons. The molecule has 0 spiro atoms. The lowest BCUT2D eigenvalue weighted by atomic mass is 9.96. The van der Waals surface area contributed by atoms with Gasteiger partial charge in [0.05, 0.1) is 5.56 Å². The molecule has 4 nitrogen and oxygen atoms in total. The van der Waals surface area contributed by atoms with Gasteiger partial charge in [-0.15, -0.1) is 11.8 Å². The van der Waals surface area contributed by atoms with Gasteiger partial charge in [-0.1, -0.05) is 42.0 Å². The summed E-state index contributed by atoms with van der Waals surface area (Å²) in [6.07, 6.45) is 2.77. The quantitative estimate of drug-likeness (QED) is 0.801. The Morgan fingerprint density at radius 2 is 1.97 bits per heavy atom. The van der Waals surface area contributed by atoms with Crippen molar-refractivity contribution in [3.05, 3.63) is 64.7 Å². The first-order valence-corrected chi connectivity index (χ1v) is 11.4. The van der Waals surface area contributed by atoms with Crippen molar-refractivity contribution < 1.29 is 9.59 Å². The lowest BCUT2D eigenvalue weighted by molar-refractivity contribution is 0.0932. The zero-order valence-corrected chi connectivity index (χ0v) is 17.8. The van der Waals surface area contributed by atoms with E-state index in [4.69, 9.17) is 0 Å². The molecule has 4 rings (SSSR count). The van der Waals surface area contributed by atoms with Crippen LogP contribution in [-0.2, 0) is 6.54 Å². The Labute approximate surface area is 177 Å². The number of carbonyl (C=O) groups excluding carboxylic acids is 2. The Morgan fingerprint density at radius 3 is 2.76 bits per heavy atom. The smallest absolute Gasteiger partial charge is 0.252 e. The number of Topliss-reactive ketones (excluding diaryl/α,β-unsaturated/α-hetero) is 1. The molecule has 0 bridgehead atoms. The van der Waals surface area contributed by atoms with Gasteiger partial charge in [0.25, 0.3) is 5.91 Å². The number of carbonyl (C=O) groups is 2. The van der Waals surface area contributed by atoms with Crippen molar-refractivity contribution in [2.45, 2.75) is 37.6 Å². The van der Waals surface area contributed by atoms with Gasteiger partial charge < -0.3 is 5.32 Å². The van der Waals surface area contributed by atoms with Gasteiger partial charge >= 0.3 is 0 Å². The Balaban J connectivity index is 1.28. The summed E-state index contributed by atoms with van der Waals surface area (Å²) in [6, 6.07) is 14.2. The number of aryl methyl sites for hydroxylation is 1. The van der Waals surface area contributed by atoms with Gasteiger partial charge in [-0.3, -0.25) is 14.5 Å². The summed E-state index contributed by atoms with van der Waals surface area (Å²) >= 11 is 1.62. The molecule has 0 aliphatic carbocycles. The average molecular weight is 409 g/mol. The zero-order chi connectivity index (χ0) is 20.2. The molecule has 1 saturated heterocycles. The van der Waals surface area contributed by atoms with Gasteiger partial charge in [-0.25, -0.2) is 0 Å². The molecule has 1 fully saturated rings. The molecule has 2 aliphatic heterocycles. The van der Waals surface area contributed by atoms with E-state index in [-0.39, 0.29) is 11.7 Å². The van der Waals surface area contributed by atoms with E-state index in [9.17, 15) is 9.59 Å². The molecule has 0 unspecified atom stereocenters. The molecule has 5 heteroatoms. The number of ketones is 1. The Hall–Kier alpha value is -2.11. The number of likely N-dealkylation sites (tertiary alicyclic amines) is 1. The van der Waals surface area contributed by atoms with E-state index < -0.39 is 0 Å². The summed E-state index contributed by atoms with van der Waals surface area (Å²) in [7, 11) is 0. The van der Waals surface area contributed by atoms with Crippen LogP contribution in [0.3, 0.4) is 0 Å². The molecule has 0 atom stereocenters. The number of hydrogen-bond donors (Lipinski definition) is 1. The fourth-order valence-electron chi connectivity index (χ4n) is 4.22. The molecule has 2 aromatic rings.